The maximum Gasteiger partial charge on any atom is 0.326 e. The van der Waals surface area contributed by atoms with E-state index in [1.54, 1.807) is 12.4 Å². The van der Waals surface area contributed by atoms with E-state index in [-0.39, 0.29) is 31.8 Å². The summed E-state index contributed by atoms with van der Waals surface area (Å²) in [7, 11) is 0. The fourth-order valence-corrected chi connectivity index (χ4v) is 4.05. The van der Waals surface area contributed by atoms with Crippen molar-refractivity contribution >= 4 is 29.8 Å². The summed E-state index contributed by atoms with van der Waals surface area (Å²) in [5.74, 6) is -4.18. The van der Waals surface area contributed by atoms with Crippen LogP contribution >= 0.6 is 0 Å². The Bertz CT molecular complexity index is 1140. The summed E-state index contributed by atoms with van der Waals surface area (Å²) in [6.07, 6.45) is 3.68. The van der Waals surface area contributed by atoms with Crippen LogP contribution in [0.5, 0.6) is 0 Å². The molecule has 0 bridgehead atoms. The molecule has 0 aromatic carbocycles. The van der Waals surface area contributed by atoms with Crippen LogP contribution in [0.3, 0.4) is 0 Å². The van der Waals surface area contributed by atoms with Gasteiger partial charge in [-0.05, 0) is 49.9 Å². The summed E-state index contributed by atoms with van der Waals surface area (Å²) in [5, 5.41) is 34.2. The summed E-state index contributed by atoms with van der Waals surface area (Å²) in [5.41, 5.74) is 1.85. The highest BCUT2D eigenvalue weighted by Gasteiger charge is 2.24. The number of carbonyl (C=O) groups excluding carboxylic acids is 2. The monoisotopic (exact) mass is 616 g/mol. The third kappa shape index (κ3) is 15.6. The number of amides is 3. The van der Waals surface area contributed by atoms with Gasteiger partial charge in [-0.2, -0.15) is 0 Å². The molecule has 0 spiro atoms. The Morgan fingerprint density at radius 2 is 1.36 bits per heavy atom. The average molecular weight is 617 g/mol. The molecule has 0 saturated carbocycles. The molecule has 240 valence electrons. The molecule has 0 aliphatic carbocycles. The second-order valence-corrected chi connectivity index (χ2v) is 9.89. The van der Waals surface area contributed by atoms with Gasteiger partial charge in [-0.1, -0.05) is 12.1 Å². The van der Waals surface area contributed by atoms with Gasteiger partial charge in [-0.3, -0.25) is 24.5 Å². The zero-order valence-electron chi connectivity index (χ0n) is 24.4. The molecule has 2 aromatic heterocycles. The summed E-state index contributed by atoms with van der Waals surface area (Å²) in [4.78, 5) is 68.6. The summed E-state index contributed by atoms with van der Waals surface area (Å²) >= 11 is 0. The lowest BCUT2D eigenvalue weighted by molar-refractivity contribution is -0.140. The van der Waals surface area contributed by atoms with Crippen LogP contribution in [0.1, 0.15) is 49.9 Å². The lowest BCUT2D eigenvalue weighted by atomic mass is 10.1. The van der Waals surface area contributed by atoms with E-state index in [0.29, 0.717) is 45.6 Å². The fourth-order valence-electron chi connectivity index (χ4n) is 4.05. The molecular formula is C29H40N6O9. The first kappa shape index (κ1) is 35.6. The van der Waals surface area contributed by atoms with Crippen molar-refractivity contribution in [3.05, 3.63) is 60.2 Å². The molecule has 0 aliphatic rings. The molecule has 2 heterocycles. The number of hydrogen-bond donors (Lipinski definition) is 6. The molecule has 15 nitrogen and oxygen atoms in total. The molecule has 2 aromatic rings. The van der Waals surface area contributed by atoms with Gasteiger partial charge in [0.25, 0.3) is 0 Å². The molecule has 0 aliphatic heterocycles. The molecule has 44 heavy (non-hydrogen) atoms. The van der Waals surface area contributed by atoms with Gasteiger partial charge in [-0.15, -0.1) is 0 Å². The lowest BCUT2D eigenvalue weighted by Crippen LogP contribution is -2.51. The molecule has 15 heteroatoms. The number of pyridine rings is 2. The van der Waals surface area contributed by atoms with Crippen LogP contribution in [0.4, 0.5) is 4.79 Å². The van der Waals surface area contributed by atoms with Crippen LogP contribution < -0.4 is 16.0 Å². The SMILES string of the molecule is O=C(O)CC[C@H](NC(=O)N[C@@H](CCCCNC(=O)CCOCCN(Cc1ccccn1)Cc1ccccn1)C(=O)O)C(=O)O. The minimum absolute atomic E-state index is 0.0438. The van der Waals surface area contributed by atoms with Crippen LogP contribution in [0, 0.1) is 0 Å². The lowest BCUT2D eigenvalue weighted by Gasteiger charge is -2.21. The van der Waals surface area contributed by atoms with E-state index in [1.165, 1.54) is 0 Å². The van der Waals surface area contributed by atoms with Crippen molar-refractivity contribution < 1.29 is 44.0 Å². The Hall–Kier alpha value is -4.63. The molecule has 6 N–H and O–H groups in total. The van der Waals surface area contributed by atoms with Gasteiger partial charge in [0.15, 0.2) is 0 Å². The maximum absolute atomic E-state index is 12.2. The quantitative estimate of drug-likeness (QED) is 0.103. The van der Waals surface area contributed by atoms with Crippen LogP contribution in [0.2, 0.25) is 0 Å². The number of hydrogen-bond acceptors (Lipinski definition) is 9. The number of carboxylic acids is 3. The van der Waals surface area contributed by atoms with Gasteiger partial charge in [0.05, 0.1) is 24.6 Å². The molecule has 0 fully saturated rings. The summed E-state index contributed by atoms with van der Waals surface area (Å²) in [6, 6.07) is 7.71. The highest BCUT2D eigenvalue weighted by Crippen LogP contribution is 2.07. The van der Waals surface area contributed by atoms with Gasteiger partial charge in [0, 0.05) is 51.4 Å². The van der Waals surface area contributed by atoms with E-state index in [0.717, 1.165) is 11.4 Å². The van der Waals surface area contributed by atoms with Gasteiger partial charge < -0.3 is 36.0 Å². The number of aliphatic carboxylic acids is 3. The fraction of sp³-hybridized carbons (Fsp3) is 0.483. The number of carboxylic acid groups (broad SMARTS) is 3. The topological polar surface area (TPSA) is 220 Å². The predicted octanol–water partition coefficient (Wildman–Crippen LogP) is 1.24. The van der Waals surface area contributed by atoms with Gasteiger partial charge in [0.1, 0.15) is 12.1 Å². The smallest absolute Gasteiger partial charge is 0.326 e. The second kappa shape index (κ2) is 20.3. The van der Waals surface area contributed by atoms with Gasteiger partial charge >= 0.3 is 23.9 Å². The Morgan fingerprint density at radius 3 is 1.89 bits per heavy atom. The second-order valence-electron chi connectivity index (χ2n) is 9.89. The zero-order chi connectivity index (χ0) is 32.2. The molecular weight excluding hydrogens is 576 g/mol. The van der Waals surface area contributed by atoms with E-state index in [9.17, 15) is 29.1 Å². The first-order chi connectivity index (χ1) is 21.1. The number of rotatable bonds is 22. The highest BCUT2D eigenvalue weighted by atomic mass is 16.5. The Kier molecular flexibility index (Phi) is 16.4. The minimum Gasteiger partial charge on any atom is -0.481 e. The van der Waals surface area contributed by atoms with Crippen molar-refractivity contribution in [3.8, 4) is 0 Å². The number of nitrogens with one attached hydrogen (secondary N) is 3. The number of unbranched alkanes of at least 4 members (excludes halogenated alkanes) is 1. The molecule has 3 amide bonds. The Labute approximate surface area is 255 Å². The van der Waals surface area contributed by atoms with Crippen molar-refractivity contribution in [2.24, 2.45) is 0 Å². The normalized spacial score (nSPS) is 12.2. The molecule has 0 radical (unpaired) electrons. The third-order valence-corrected chi connectivity index (χ3v) is 6.34. The van der Waals surface area contributed by atoms with Crippen molar-refractivity contribution in [3.63, 3.8) is 0 Å². The van der Waals surface area contributed by atoms with Crippen LogP contribution in [-0.2, 0) is 37.0 Å². The van der Waals surface area contributed by atoms with Crippen LogP contribution in [0.15, 0.2) is 48.8 Å². The average Bonchev–Trinajstić information content (AvgIpc) is 2.99. The van der Waals surface area contributed by atoms with E-state index in [1.807, 2.05) is 36.4 Å². The predicted molar refractivity (Wildman–Crippen MR) is 156 cm³/mol. The van der Waals surface area contributed by atoms with Crippen molar-refractivity contribution in [1.82, 2.24) is 30.8 Å². The van der Waals surface area contributed by atoms with Crippen LogP contribution in [0.25, 0.3) is 0 Å². The molecule has 2 rings (SSSR count). The minimum atomic E-state index is -1.48. The number of ether oxygens (including phenoxy) is 1. The van der Waals surface area contributed by atoms with Crippen molar-refractivity contribution in [1.29, 1.82) is 0 Å². The van der Waals surface area contributed by atoms with Crippen molar-refractivity contribution in [2.45, 2.75) is 63.7 Å². The van der Waals surface area contributed by atoms with E-state index < -0.39 is 42.4 Å². The van der Waals surface area contributed by atoms with Crippen LogP contribution in [-0.4, -0.2) is 98.4 Å². The standard InChI is InChI=1S/C29H40N6O9/c36-25(12-17-44-18-16-35(19-21-7-1-4-13-30-21)20-22-8-2-5-14-31-22)32-15-6-3-9-23(27(39)40)33-29(43)34-24(28(41)42)10-11-26(37)38/h1-2,4-5,7-8,13-14,23-24H,3,6,9-12,15-20H2,(H,32,36)(H,37,38)(H,39,40)(H,41,42)(H2,33,34,43)/t23-,24-/m0/s1. The maximum atomic E-state index is 12.2. The molecule has 0 unspecified atom stereocenters. The summed E-state index contributed by atoms with van der Waals surface area (Å²) in [6.45, 7) is 2.81. The van der Waals surface area contributed by atoms with Gasteiger partial charge in [0.2, 0.25) is 5.91 Å². The Morgan fingerprint density at radius 1 is 0.773 bits per heavy atom. The number of urea groups is 1. The Balaban J connectivity index is 1.63. The number of carbonyl (C=O) groups is 5. The summed E-state index contributed by atoms with van der Waals surface area (Å²) < 4.78 is 5.68. The highest BCUT2D eigenvalue weighted by molar-refractivity contribution is 5.86. The number of aromatic nitrogens is 2. The molecule has 2 atom stereocenters. The van der Waals surface area contributed by atoms with E-state index in [2.05, 4.69) is 30.8 Å². The molecule has 0 saturated heterocycles. The van der Waals surface area contributed by atoms with Crippen molar-refractivity contribution in [2.75, 3.05) is 26.3 Å². The largest absolute Gasteiger partial charge is 0.481 e. The number of nitrogens with zero attached hydrogens (tertiary/aromatic N) is 3. The van der Waals surface area contributed by atoms with E-state index >= 15 is 0 Å². The van der Waals surface area contributed by atoms with Gasteiger partial charge in [-0.25, -0.2) is 14.4 Å². The van der Waals surface area contributed by atoms with E-state index in [4.69, 9.17) is 14.9 Å². The third-order valence-electron chi connectivity index (χ3n) is 6.34. The zero-order valence-corrected chi connectivity index (χ0v) is 24.4. The first-order valence-electron chi connectivity index (χ1n) is 14.2. The first-order valence-corrected chi connectivity index (χ1v) is 14.2.